The van der Waals surface area contributed by atoms with Gasteiger partial charge in [0.2, 0.25) is 0 Å². The maximum absolute atomic E-state index is 12.2. The van der Waals surface area contributed by atoms with E-state index in [1.807, 2.05) is 32.0 Å². The molecule has 0 fully saturated rings. The first-order chi connectivity index (χ1) is 8.91. The van der Waals surface area contributed by atoms with E-state index in [2.05, 4.69) is 5.32 Å². The maximum Gasteiger partial charge on any atom is 0.303 e. The second kappa shape index (κ2) is 7.04. The third kappa shape index (κ3) is 4.83. The van der Waals surface area contributed by atoms with E-state index in [1.165, 1.54) is 5.56 Å². The summed E-state index contributed by atoms with van der Waals surface area (Å²) in [7, 11) is 0. The number of nitrogens with one attached hydrogen (secondary N) is 1. The molecule has 1 atom stereocenters. The van der Waals surface area contributed by atoms with Gasteiger partial charge in [-0.2, -0.15) is 0 Å². The molecule has 1 unspecified atom stereocenters. The smallest absolute Gasteiger partial charge is 0.303 e. The Morgan fingerprint density at radius 1 is 1.26 bits per heavy atom. The topological polar surface area (TPSA) is 66.4 Å². The number of carbonyl (C=O) groups is 2. The lowest BCUT2D eigenvalue weighted by Crippen LogP contribution is -2.34. The Morgan fingerprint density at radius 3 is 2.53 bits per heavy atom. The van der Waals surface area contributed by atoms with Crippen molar-refractivity contribution in [2.75, 3.05) is 6.54 Å². The fourth-order valence-corrected chi connectivity index (χ4v) is 1.80. The Balaban J connectivity index is 2.52. The molecule has 1 aromatic carbocycles. The van der Waals surface area contributed by atoms with E-state index in [0.29, 0.717) is 18.5 Å². The fourth-order valence-electron chi connectivity index (χ4n) is 1.80. The third-order valence-corrected chi connectivity index (χ3v) is 3.20. The van der Waals surface area contributed by atoms with Crippen LogP contribution in [0.4, 0.5) is 0 Å². The molecular weight excluding hydrogens is 242 g/mol. The van der Waals surface area contributed by atoms with Gasteiger partial charge in [0, 0.05) is 12.0 Å². The second-order valence-corrected chi connectivity index (χ2v) is 4.84. The van der Waals surface area contributed by atoms with Crippen LogP contribution in [0.25, 0.3) is 0 Å². The molecule has 0 aromatic heterocycles. The van der Waals surface area contributed by atoms with Crippen LogP contribution >= 0.6 is 0 Å². The Bertz CT molecular complexity index is 468. The molecule has 0 bridgehead atoms. The molecule has 1 rings (SSSR count). The summed E-state index contributed by atoms with van der Waals surface area (Å²) >= 11 is 0. The third-order valence-electron chi connectivity index (χ3n) is 3.20. The number of aliphatic carboxylic acids is 1. The first-order valence-corrected chi connectivity index (χ1v) is 6.48. The van der Waals surface area contributed by atoms with Crippen molar-refractivity contribution >= 4 is 11.8 Å². The monoisotopic (exact) mass is 263 g/mol. The van der Waals surface area contributed by atoms with Crippen LogP contribution in [0.1, 0.15) is 41.3 Å². The first kappa shape index (κ1) is 15.4. The maximum atomic E-state index is 12.2. The van der Waals surface area contributed by atoms with Crippen LogP contribution in [0.15, 0.2) is 18.2 Å². The summed E-state index contributed by atoms with van der Waals surface area (Å²) in [6.45, 7) is 6.33. The van der Waals surface area contributed by atoms with E-state index in [1.54, 1.807) is 6.92 Å². The van der Waals surface area contributed by atoms with Crippen LogP contribution in [-0.2, 0) is 4.79 Å². The highest BCUT2D eigenvalue weighted by Gasteiger charge is 2.14. The molecule has 0 saturated heterocycles. The number of carbonyl (C=O) groups excluding carboxylic acids is 1. The zero-order valence-electron chi connectivity index (χ0n) is 11.7. The van der Waals surface area contributed by atoms with Crippen molar-refractivity contribution in [3.8, 4) is 0 Å². The number of ketones is 1. The summed E-state index contributed by atoms with van der Waals surface area (Å²) < 4.78 is 0. The Morgan fingerprint density at radius 2 is 1.95 bits per heavy atom. The van der Waals surface area contributed by atoms with Gasteiger partial charge in [-0.15, -0.1) is 0 Å². The SMILES string of the molecule is Cc1ccc(C(=O)C(C)NCCCC(=O)O)cc1C. The van der Waals surface area contributed by atoms with Crippen LogP contribution in [0.2, 0.25) is 0 Å². The van der Waals surface area contributed by atoms with Gasteiger partial charge in [-0.3, -0.25) is 9.59 Å². The number of rotatable bonds is 7. The van der Waals surface area contributed by atoms with E-state index >= 15 is 0 Å². The van der Waals surface area contributed by atoms with Gasteiger partial charge >= 0.3 is 5.97 Å². The molecular formula is C15H21NO3. The van der Waals surface area contributed by atoms with Gasteiger partial charge in [-0.05, 0) is 50.9 Å². The highest BCUT2D eigenvalue weighted by atomic mass is 16.4. The van der Waals surface area contributed by atoms with Crippen molar-refractivity contribution in [2.45, 2.75) is 39.7 Å². The molecule has 0 aliphatic heterocycles. The average molecular weight is 263 g/mol. The minimum absolute atomic E-state index is 0.0402. The predicted octanol–water partition coefficient (Wildman–Crippen LogP) is 2.33. The van der Waals surface area contributed by atoms with Crippen molar-refractivity contribution < 1.29 is 14.7 Å². The number of carboxylic acids is 1. The number of benzene rings is 1. The number of hydrogen-bond donors (Lipinski definition) is 2. The standard InChI is InChI=1S/C15H21NO3/c1-10-6-7-13(9-11(10)2)15(19)12(3)16-8-4-5-14(17)18/h6-7,9,12,16H,4-5,8H2,1-3H3,(H,17,18). The average Bonchev–Trinajstić information content (AvgIpc) is 2.36. The molecule has 2 N–H and O–H groups in total. The van der Waals surface area contributed by atoms with Crippen LogP contribution < -0.4 is 5.32 Å². The lowest BCUT2D eigenvalue weighted by atomic mass is 10.0. The van der Waals surface area contributed by atoms with E-state index in [9.17, 15) is 9.59 Å². The molecule has 104 valence electrons. The van der Waals surface area contributed by atoms with Gasteiger partial charge in [0.05, 0.1) is 6.04 Å². The lowest BCUT2D eigenvalue weighted by molar-refractivity contribution is -0.137. The lowest BCUT2D eigenvalue weighted by Gasteiger charge is -2.13. The highest BCUT2D eigenvalue weighted by Crippen LogP contribution is 2.11. The fraction of sp³-hybridized carbons (Fsp3) is 0.467. The van der Waals surface area contributed by atoms with E-state index < -0.39 is 5.97 Å². The molecule has 0 aliphatic carbocycles. The van der Waals surface area contributed by atoms with Crippen molar-refractivity contribution in [3.05, 3.63) is 34.9 Å². The first-order valence-electron chi connectivity index (χ1n) is 6.48. The van der Waals surface area contributed by atoms with Gasteiger partial charge in [0.15, 0.2) is 5.78 Å². The zero-order valence-corrected chi connectivity index (χ0v) is 11.7. The van der Waals surface area contributed by atoms with Crippen LogP contribution in [0.5, 0.6) is 0 Å². The molecule has 19 heavy (non-hydrogen) atoms. The molecule has 1 aromatic rings. The van der Waals surface area contributed by atoms with Crippen molar-refractivity contribution in [2.24, 2.45) is 0 Å². The number of carboxylic acid groups (broad SMARTS) is 1. The molecule has 0 saturated carbocycles. The summed E-state index contributed by atoms with van der Waals surface area (Å²) in [6, 6.07) is 5.38. The van der Waals surface area contributed by atoms with Gasteiger partial charge in [-0.25, -0.2) is 0 Å². The number of Topliss-reactive ketones (excluding diaryl/α,β-unsaturated/α-hetero) is 1. The molecule has 4 heteroatoms. The van der Waals surface area contributed by atoms with Crippen LogP contribution in [0.3, 0.4) is 0 Å². The Labute approximate surface area is 113 Å². The number of hydrogen-bond acceptors (Lipinski definition) is 3. The molecule has 0 spiro atoms. The molecule has 0 aliphatic rings. The highest BCUT2D eigenvalue weighted by molar-refractivity contribution is 6.00. The zero-order chi connectivity index (χ0) is 14.4. The molecule has 0 radical (unpaired) electrons. The second-order valence-electron chi connectivity index (χ2n) is 4.84. The van der Waals surface area contributed by atoms with E-state index in [-0.39, 0.29) is 18.2 Å². The minimum atomic E-state index is -0.810. The summed E-state index contributed by atoms with van der Waals surface area (Å²) in [6.07, 6.45) is 0.650. The molecule has 0 amide bonds. The van der Waals surface area contributed by atoms with Crippen molar-refractivity contribution in [3.63, 3.8) is 0 Å². The minimum Gasteiger partial charge on any atom is -0.481 e. The number of aryl methyl sites for hydroxylation is 2. The normalized spacial score (nSPS) is 12.2. The van der Waals surface area contributed by atoms with Crippen molar-refractivity contribution in [1.29, 1.82) is 0 Å². The predicted molar refractivity (Wildman–Crippen MR) is 74.6 cm³/mol. The largest absolute Gasteiger partial charge is 0.481 e. The molecule has 4 nitrogen and oxygen atoms in total. The quantitative estimate of drug-likeness (QED) is 0.585. The van der Waals surface area contributed by atoms with E-state index in [0.717, 1.165) is 5.56 Å². The molecule has 0 heterocycles. The summed E-state index contributed by atoms with van der Waals surface area (Å²) in [5.41, 5.74) is 2.96. The summed E-state index contributed by atoms with van der Waals surface area (Å²) in [5.74, 6) is -0.770. The summed E-state index contributed by atoms with van der Waals surface area (Å²) in [5, 5.41) is 11.6. The van der Waals surface area contributed by atoms with Crippen LogP contribution in [0, 0.1) is 13.8 Å². The van der Waals surface area contributed by atoms with Gasteiger partial charge in [-0.1, -0.05) is 12.1 Å². The van der Waals surface area contributed by atoms with Crippen LogP contribution in [-0.4, -0.2) is 29.4 Å². The Hall–Kier alpha value is -1.68. The summed E-state index contributed by atoms with van der Waals surface area (Å²) in [4.78, 5) is 22.5. The van der Waals surface area contributed by atoms with Gasteiger partial charge < -0.3 is 10.4 Å². The van der Waals surface area contributed by atoms with E-state index in [4.69, 9.17) is 5.11 Å². The Kier molecular flexibility index (Phi) is 5.70. The van der Waals surface area contributed by atoms with Crippen molar-refractivity contribution in [1.82, 2.24) is 5.32 Å². The van der Waals surface area contributed by atoms with Gasteiger partial charge in [0.25, 0.3) is 0 Å². The van der Waals surface area contributed by atoms with Gasteiger partial charge in [0.1, 0.15) is 0 Å².